The van der Waals surface area contributed by atoms with Crippen molar-refractivity contribution >= 4 is 46.2 Å². The molecule has 0 aliphatic rings. The molecule has 4 rings (SSSR count). The zero-order valence-electron chi connectivity index (χ0n) is 14.7. The lowest BCUT2D eigenvalue weighted by Gasteiger charge is -2.06. The Morgan fingerprint density at radius 1 is 1.11 bits per heavy atom. The molecule has 4 aromatic rings. The standard InChI is InChI=1S/C21H14Cl2N2O3/c1-27-18-7-6-12(21-25-16-4-2-3-5-19(16)28-21)9-17(18)24-11-13-8-14(22)10-15(23)20(13)26/h2-11,26H,1H3. The first kappa shape index (κ1) is 18.3. The molecule has 0 saturated carbocycles. The average molecular weight is 413 g/mol. The monoisotopic (exact) mass is 412 g/mol. The van der Waals surface area contributed by atoms with Crippen LogP contribution in [0.3, 0.4) is 0 Å². The van der Waals surface area contributed by atoms with Gasteiger partial charge in [-0.2, -0.15) is 0 Å². The molecule has 1 heterocycles. The van der Waals surface area contributed by atoms with E-state index in [1.165, 1.54) is 12.3 Å². The third kappa shape index (κ3) is 3.54. The van der Waals surface area contributed by atoms with Crippen molar-refractivity contribution in [2.45, 2.75) is 0 Å². The second kappa shape index (κ2) is 7.54. The molecule has 0 aliphatic carbocycles. The number of ether oxygens (including phenoxy) is 1. The highest BCUT2D eigenvalue weighted by Crippen LogP contribution is 2.35. The zero-order chi connectivity index (χ0) is 19.7. The van der Waals surface area contributed by atoms with E-state index in [9.17, 15) is 5.11 Å². The highest BCUT2D eigenvalue weighted by Gasteiger charge is 2.12. The first-order valence-corrected chi connectivity index (χ1v) is 9.07. The van der Waals surface area contributed by atoms with E-state index in [4.69, 9.17) is 32.4 Å². The maximum atomic E-state index is 10.1. The molecule has 28 heavy (non-hydrogen) atoms. The van der Waals surface area contributed by atoms with Crippen LogP contribution in [-0.4, -0.2) is 23.4 Å². The molecule has 0 bridgehead atoms. The van der Waals surface area contributed by atoms with Gasteiger partial charge in [0, 0.05) is 22.4 Å². The minimum absolute atomic E-state index is 0.0936. The molecule has 0 unspecified atom stereocenters. The molecule has 5 nitrogen and oxygen atoms in total. The molecule has 0 amide bonds. The molecule has 3 aromatic carbocycles. The number of oxazole rings is 1. The molecule has 1 N–H and O–H groups in total. The Labute approximate surface area is 170 Å². The van der Waals surface area contributed by atoms with Gasteiger partial charge in [-0.3, -0.25) is 4.99 Å². The average Bonchev–Trinajstić information content (AvgIpc) is 3.13. The number of nitrogens with zero attached hydrogens (tertiary/aromatic N) is 2. The summed E-state index contributed by atoms with van der Waals surface area (Å²) in [6.07, 6.45) is 1.47. The van der Waals surface area contributed by atoms with E-state index in [0.717, 1.165) is 11.1 Å². The fraction of sp³-hybridized carbons (Fsp3) is 0.0476. The largest absolute Gasteiger partial charge is 0.506 e. The van der Waals surface area contributed by atoms with Gasteiger partial charge in [0.05, 0.1) is 12.1 Å². The van der Waals surface area contributed by atoms with Gasteiger partial charge in [-0.25, -0.2) is 4.98 Å². The van der Waals surface area contributed by atoms with Crippen LogP contribution in [0.4, 0.5) is 5.69 Å². The number of halogens is 2. The van der Waals surface area contributed by atoms with E-state index < -0.39 is 0 Å². The lowest BCUT2D eigenvalue weighted by atomic mass is 10.1. The number of methoxy groups -OCH3 is 1. The summed E-state index contributed by atoms with van der Waals surface area (Å²) in [6, 6.07) is 16.0. The van der Waals surface area contributed by atoms with Crippen molar-refractivity contribution in [3.05, 3.63) is 70.2 Å². The number of hydrogen-bond donors (Lipinski definition) is 1. The molecule has 0 saturated heterocycles. The minimum atomic E-state index is -0.0936. The first-order valence-electron chi connectivity index (χ1n) is 8.31. The molecule has 140 valence electrons. The molecule has 0 atom stereocenters. The van der Waals surface area contributed by atoms with Crippen molar-refractivity contribution in [2.24, 2.45) is 4.99 Å². The van der Waals surface area contributed by atoms with Crippen LogP contribution >= 0.6 is 23.2 Å². The minimum Gasteiger partial charge on any atom is -0.506 e. The quantitative estimate of drug-likeness (QED) is 0.401. The molecule has 0 radical (unpaired) electrons. The van der Waals surface area contributed by atoms with Gasteiger partial charge < -0.3 is 14.3 Å². The van der Waals surface area contributed by atoms with E-state index in [1.54, 1.807) is 25.3 Å². The smallest absolute Gasteiger partial charge is 0.227 e. The number of benzene rings is 3. The summed E-state index contributed by atoms with van der Waals surface area (Å²) >= 11 is 12.0. The molecule has 7 heteroatoms. The van der Waals surface area contributed by atoms with Crippen molar-refractivity contribution in [2.75, 3.05) is 7.11 Å². The van der Waals surface area contributed by atoms with Crippen molar-refractivity contribution in [1.29, 1.82) is 0 Å². The third-order valence-corrected chi connectivity index (χ3v) is 4.63. The van der Waals surface area contributed by atoms with E-state index in [2.05, 4.69) is 9.98 Å². The third-order valence-electron chi connectivity index (χ3n) is 4.12. The van der Waals surface area contributed by atoms with Crippen LogP contribution in [0.1, 0.15) is 5.56 Å². The summed E-state index contributed by atoms with van der Waals surface area (Å²) in [4.78, 5) is 8.93. The van der Waals surface area contributed by atoms with Gasteiger partial charge in [0.2, 0.25) is 5.89 Å². The van der Waals surface area contributed by atoms with Gasteiger partial charge in [0.25, 0.3) is 0 Å². The molecular formula is C21H14Cl2N2O3. The summed E-state index contributed by atoms with van der Waals surface area (Å²) in [7, 11) is 1.56. The van der Waals surface area contributed by atoms with Gasteiger partial charge in [0.1, 0.15) is 22.7 Å². The molecule has 1 aromatic heterocycles. The fourth-order valence-electron chi connectivity index (χ4n) is 2.74. The number of para-hydroxylation sites is 2. The Bertz CT molecular complexity index is 1170. The van der Waals surface area contributed by atoms with Crippen LogP contribution in [0.25, 0.3) is 22.6 Å². The number of hydrogen-bond acceptors (Lipinski definition) is 5. The number of aromatic nitrogens is 1. The highest BCUT2D eigenvalue weighted by atomic mass is 35.5. The molecular weight excluding hydrogens is 399 g/mol. The highest BCUT2D eigenvalue weighted by molar-refractivity contribution is 6.36. The van der Waals surface area contributed by atoms with Crippen LogP contribution in [0.5, 0.6) is 11.5 Å². The number of phenolic OH excluding ortho intramolecular Hbond substituents is 1. The summed E-state index contributed by atoms with van der Waals surface area (Å²) in [5, 5.41) is 10.7. The van der Waals surface area contributed by atoms with Crippen molar-refractivity contribution in [3.63, 3.8) is 0 Å². The predicted molar refractivity (Wildman–Crippen MR) is 111 cm³/mol. The number of phenols is 1. The molecule has 0 spiro atoms. The lowest BCUT2D eigenvalue weighted by molar-refractivity contribution is 0.416. The second-order valence-electron chi connectivity index (χ2n) is 5.96. The number of fused-ring (bicyclic) bond motifs is 1. The normalized spacial score (nSPS) is 11.4. The lowest BCUT2D eigenvalue weighted by Crippen LogP contribution is -1.87. The van der Waals surface area contributed by atoms with Crippen LogP contribution < -0.4 is 4.74 Å². The Morgan fingerprint density at radius 2 is 1.93 bits per heavy atom. The summed E-state index contributed by atoms with van der Waals surface area (Å²) < 4.78 is 11.2. The Kier molecular flexibility index (Phi) is 4.94. The Hall–Kier alpha value is -3.02. The van der Waals surface area contributed by atoms with Gasteiger partial charge in [-0.1, -0.05) is 35.3 Å². The van der Waals surface area contributed by atoms with E-state index in [1.807, 2.05) is 30.3 Å². The summed E-state index contributed by atoms with van der Waals surface area (Å²) in [6.45, 7) is 0. The van der Waals surface area contributed by atoms with Gasteiger partial charge in [-0.05, 0) is 42.5 Å². The number of aromatic hydroxyl groups is 1. The van der Waals surface area contributed by atoms with Gasteiger partial charge >= 0.3 is 0 Å². The molecule has 0 fully saturated rings. The fourth-order valence-corrected chi connectivity index (χ4v) is 3.25. The predicted octanol–water partition coefficient (Wildman–Crippen LogP) is 6.27. The van der Waals surface area contributed by atoms with Crippen molar-refractivity contribution < 1.29 is 14.3 Å². The van der Waals surface area contributed by atoms with Gasteiger partial charge in [-0.15, -0.1) is 0 Å². The maximum absolute atomic E-state index is 10.1. The van der Waals surface area contributed by atoms with Crippen molar-refractivity contribution in [3.8, 4) is 23.0 Å². The SMILES string of the molecule is COc1ccc(-c2nc3ccccc3o2)cc1N=Cc1cc(Cl)cc(Cl)c1O. The van der Waals surface area contributed by atoms with Crippen LogP contribution in [0.15, 0.2) is 64.0 Å². The van der Waals surface area contributed by atoms with Crippen LogP contribution in [-0.2, 0) is 0 Å². The number of aliphatic imine (C=N–C) groups is 1. The van der Waals surface area contributed by atoms with E-state index in [-0.39, 0.29) is 10.8 Å². The van der Waals surface area contributed by atoms with Crippen LogP contribution in [0, 0.1) is 0 Å². The topological polar surface area (TPSA) is 67.9 Å². The van der Waals surface area contributed by atoms with Gasteiger partial charge in [0.15, 0.2) is 5.58 Å². The second-order valence-corrected chi connectivity index (χ2v) is 6.80. The van der Waals surface area contributed by atoms with Crippen LogP contribution in [0.2, 0.25) is 10.0 Å². The Morgan fingerprint density at radius 3 is 2.71 bits per heavy atom. The maximum Gasteiger partial charge on any atom is 0.227 e. The summed E-state index contributed by atoms with van der Waals surface area (Å²) in [5.41, 5.74) is 3.16. The van der Waals surface area contributed by atoms with E-state index >= 15 is 0 Å². The van der Waals surface area contributed by atoms with Crippen molar-refractivity contribution in [1.82, 2.24) is 4.98 Å². The summed E-state index contributed by atoms with van der Waals surface area (Å²) in [5.74, 6) is 0.946. The molecule has 0 aliphatic heterocycles. The van der Waals surface area contributed by atoms with E-state index in [0.29, 0.717) is 33.5 Å². The first-order chi connectivity index (χ1) is 13.5. The zero-order valence-corrected chi connectivity index (χ0v) is 16.2. The number of rotatable bonds is 4. The Balaban J connectivity index is 1.75.